The van der Waals surface area contributed by atoms with Gasteiger partial charge in [0.15, 0.2) is 5.96 Å². The molecular weight excluding hydrogens is 426 g/mol. The molecule has 0 aliphatic carbocycles. The third-order valence-corrected chi connectivity index (χ3v) is 4.38. The van der Waals surface area contributed by atoms with Crippen LogP contribution in [-0.2, 0) is 0 Å². The number of guanidine groups is 1. The van der Waals surface area contributed by atoms with E-state index < -0.39 is 0 Å². The molecule has 0 spiro atoms. The van der Waals surface area contributed by atoms with E-state index in [9.17, 15) is 4.79 Å². The first-order valence-electron chi connectivity index (χ1n) is 10.7. The van der Waals surface area contributed by atoms with Crippen molar-refractivity contribution in [1.82, 2.24) is 9.88 Å². The number of aryl methyl sites for hydroxylation is 1. The smallest absolute Gasteiger partial charge is 0.271 e. The van der Waals surface area contributed by atoms with Crippen LogP contribution in [0.3, 0.4) is 0 Å². The van der Waals surface area contributed by atoms with E-state index in [4.69, 9.17) is 10.2 Å². The number of carbonyl (C=O) groups excluding carboxylic acids is 1. The van der Waals surface area contributed by atoms with Crippen LogP contribution < -0.4 is 11.1 Å². The van der Waals surface area contributed by atoms with Crippen LogP contribution in [0.5, 0.6) is 0 Å². The van der Waals surface area contributed by atoms with Gasteiger partial charge in [0.2, 0.25) is 0 Å². The highest BCUT2D eigenvalue weighted by Gasteiger charge is 2.10. The molecule has 7 nitrogen and oxygen atoms in total. The molecule has 0 saturated heterocycles. The van der Waals surface area contributed by atoms with Gasteiger partial charge >= 0.3 is 0 Å². The first kappa shape index (κ1) is 27.7. The fourth-order valence-electron chi connectivity index (χ4n) is 2.76. The molecular formula is C27H33N5O2. The van der Waals surface area contributed by atoms with Crippen molar-refractivity contribution in [3.05, 3.63) is 78.8 Å². The lowest BCUT2D eigenvalue weighted by Gasteiger charge is -2.10. The maximum atomic E-state index is 11.9. The van der Waals surface area contributed by atoms with E-state index in [1.807, 2.05) is 37.3 Å². The zero-order chi connectivity index (χ0) is 25.7. The number of nitrogens with zero attached hydrogens (tertiary/aromatic N) is 3. The van der Waals surface area contributed by atoms with Crippen LogP contribution in [0.15, 0.2) is 71.2 Å². The van der Waals surface area contributed by atoms with Gasteiger partial charge in [-0.2, -0.15) is 0 Å². The van der Waals surface area contributed by atoms with E-state index in [1.54, 1.807) is 32.4 Å². The molecule has 34 heavy (non-hydrogen) atoms. The van der Waals surface area contributed by atoms with Gasteiger partial charge in [-0.1, -0.05) is 26.0 Å². The molecule has 0 atom stereocenters. The van der Waals surface area contributed by atoms with Crippen LogP contribution in [0.1, 0.15) is 41.6 Å². The number of allylic oxidation sites excluding steroid dienone is 1. The molecule has 0 fully saturated rings. The highest BCUT2D eigenvalue weighted by atomic mass is 16.3. The SMILES string of the molecule is C#C.C=C(N=C(N)Nc1ccc2oc(C)cc2c1)c1ccc(C(=O)N(C)C)nc1.C=CCCC. The summed E-state index contributed by atoms with van der Waals surface area (Å²) >= 11 is 0. The molecule has 1 amide bonds. The minimum atomic E-state index is -0.165. The van der Waals surface area contributed by atoms with E-state index in [-0.39, 0.29) is 11.9 Å². The number of fused-ring (bicyclic) bond motifs is 1. The number of hydrogen-bond acceptors (Lipinski definition) is 4. The molecule has 0 unspecified atom stereocenters. The summed E-state index contributed by atoms with van der Waals surface area (Å²) in [4.78, 5) is 21.8. The van der Waals surface area contributed by atoms with Crippen LogP contribution in [0, 0.1) is 19.8 Å². The zero-order valence-corrected chi connectivity index (χ0v) is 20.3. The number of aliphatic imine (C=N–C) groups is 1. The van der Waals surface area contributed by atoms with Gasteiger partial charge in [0.05, 0.1) is 5.70 Å². The second-order valence-electron chi connectivity index (χ2n) is 7.39. The van der Waals surface area contributed by atoms with Crippen molar-refractivity contribution in [2.75, 3.05) is 19.4 Å². The number of anilines is 1. The van der Waals surface area contributed by atoms with Gasteiger partial charge in [-0.25, -0.2) is 4.99 Å². The zero-order valence-electron chi connectivity index (χ0n) is 20.3. The number of benzene rings is 1. The van der Waals surface area contributed by atoms with Crippen molar-refractivity contribution in [1.29, 1.82) is 0 Å². The number of unbranched alkanes of at least 4 members (excludes halogenated alkanes) is 1. The van der Waals surface area contributed by atoms with E-state index >= 15 is 0 Å². The van der Waals surface area contributed by atoms with E-state index in [0.717, 1.165) is 28.8 Å². The monoisotopic (exact) mass is 459 g/mol. The van der Waals surface area contributed by atoms with Gasteiger partial charge < -0.3 is 20.4 Å². The molecule has 3 N–H and O–H groups in total. The topological polar surface area (TPSA) is 96.8 Å². The number of rotatable bonds is 6. The third-order valence-electron chi connectivity index (χ3n) is 4.38. The van der Waals surface area contributed by atoms with Gasteiger partial charge in [0.1, 0.15) is 17.0 Å². The van der Waals surface area contributed by atoms with Crippen molar-refractivity contribution in [3.8, 4) is 12.8 Å². The molecule has 7 heteroatoms. The second kappa shape index (κ2) is 14.0. The quantitative estimate of drug-likeness (QED) is 0.221. The lowest BCUT2D eigenvalue weighted by molar-refractivity contribution is 0.0822. The Labute approximate surface area is 202 Å². The number of carbonyl (C=O) groups is 1. The maximum Gasteiger partial charge on any atom is 0.271 e. The number of pyridine rings is 1. The van der Waals surface area contributed by atoms with Gasteiger partial charge in [-0.05, 0) is 49.7 Å². The highest BCUT2D eigenvalue weighted by Crippen LogP contribution is 2.22. The van der Waals surface area contributed by atoms with Crippen LogP contribution in [0.2, 0.25) is 0 Å². The summed E-state index contributed by atoms with van der Waals surface area (Å²) in [6, 6.07) is 11.0. The van der Waals surface area contributed by atoms with Crippen LogP contribution >= 0.6 is 0 Å². The molecule has 0 radical (unpaired) electrons. The normalized spacial score (nSPS) is 10.2. The summed E-state index contributed by atoms with van der Waals surface area (Å²) in [5.41, 5.74) is 9.07. The van der Waals surface area contributed by atoms with Crippen molar-refractivity contribution in [2.45, 2.75) is 26.7 Å². The van der Waals surface area contributed by atoms with Crippen LogP contribution in [0.25, 0.3) is 16.7 Å². The molecule has 3 aromatic rings. The second-order valence-corrected chi connectivity index (χ2v) is 7.39. The number of amides is 1. The van der Waals surface area contributed by atoms with Crippen molar-refractivity contribution in [2.24, 2.45) is 10.7 Å². The van der Waals surface area contributed by atoms with Crippen molar-refractivity contribution < 1.29 is 9.21 Å². The van der Waals surface area contributed by atoms with Crippen molar-refractivity contribution >= 4 is 34.2 Å². The summed E-state index contributed by atoms with van der Waals surface area (Å²) in [6.45, 7) is 11.5. The molecule has 0 bridgehead atoms. The predicted octanol–water partition coefficient (Wildman–Crippen LogP) is 5.46. The fourth-order valence-corrected chi connectivity index (χ4v) is 2.76. The van der Waals surface area contributed by atoms with E-state index in [0.29, 0.717) is 17.0 Å². The van der Waals surface area contributed by atoms with E-state index in [2.05, 4.69) is 48.2 Å². The number of terminal acetylenes is 1. The summed E-state index contributed by atoms with van der Waals surface area (Å²) in [5, 5.41) is 4.01. The first-order valence-corrected chi connectivity index (χ1v) is 10.7. The molecule has 3 rings (SSSR count). The molecule has 1 aromatic carbocycles. The summed E-state index contributed by atoms with van der Waals surface area (Å²) < 4.78 is 5.55. The average molecular weight is 460 g/mol. The Morgan fingerprint density at radius 2 is 1.97 bits per heavy atom. The Morgan fingerprint density at radius 3 is 2.50 bits per heavy atom. The van der Waals surface area contributed by atoms with Crippen LogP contribution in [-0.4, -0.2) is 35.8 Å². The Bertz CT molecular complexity index is 1150. The Kier molecular flexibility index (Phi) is 11.4. The molecule has 178 valence electrons. The number of hydrogen-bond donors (Lipinski definition) is 2. The van der Waals surface area contributed by atoms with Gasteiger partial charge in [-0.15, -0.1) is 19.4 Å². The van der Waals surface area contributed by atoms with Crippen molar-refractivity contribution in [3.63, 3.8) is 0 Å². The maximum absolute atomic E-state index is 11.9. The largest absolute Gasteiger partial charge is 0.461 e. The Morgan fingerprint density at radius 1 is 1.26 bits per heavy atom. The van der Waals surface area contributed by atoms with Gasteiger partial charge in [-0.3, -0.25) is 9.78 Å². The molecule has 2 heterocycles. The summed E-state index contributed by atoms with van der Waals surface area (Å²) in [6.07, 6.45) is 13.9. The Hall–Kier alpha value is -4.31. The van der Waals surface area contributed by atoms with Gasteiger partial charge in [0.25, 0.3) is 5.91 Å². The fraction of sp³-hybridized carbons (Fsp3) is 0.222. The first-order chi connectivity index (χ1) is 16.2. The average Bonchev–Trinajstić information content (AvgIpc) is 3.20. The number of aromatic nitrogens is 1. The van der Waals surface area contributed by atoms with Crippen LogP contribution in [0.4, 0.5) is 5.69 Å². The van der Waals surface area contributed by atoms with Gasteiger partial charge in [0, 0.05) is 36.9 Å². The molecule has 0 saturated carbocycles. The lowest BCUT2D eigenvalue weighted by Crippen LogP contribution is -2.23. The third kappa shape index (κ3) is 8.32. The molecule has 2 aromatic heterocycles. The minimum Gasteiger partial charge on any atom is -0.461 e. The number of furan rings is 1. The van der Waals surface area contributed by atoms with E-state index in [1.165, 1.54) is 11.3 Å². The molecule has 0 aliphatic heterocycles. The lowest BCUT2D eigenvalue weighted by atomic mass is 10.2. The Balaban J connectivity index is 0.000000733. The summed E-state index contributed by atoms with van der Waals surface area (Å²) in [5.74, 6) is 0.885. The number of nitrogens with two attached hydrogens (primary N) is 1. The minimum absolute atomic E-state index is 0.165. The predicted molar refractivity (Wildman–Crippen MR) is 142 cm³/mol. The highest BCUT2D eigenvalue weighted by molar-refractivity contribution is 5.97. The molecule has 0 aliphatic rings. The number of nitrogens with one attached hydrogen (secondary N) is 1. The standard InChI is InChI=1S/C20H21N5O2.C5H10.C2H2/c1-12-9-15-10-16(6-8-18(15)27-12)24-20(21)23-13(2)14-5-7-17(22-11-14)19(26)25(3)4;1-3-5-4-2;1-2/h5-11H,2H2,1,3-4H3,(H3,21,23,24);3H,1,4-5H2,2H3;1-2H. The summed E-state index contributed by atoms with van der Waals surface area (Å²) in [7, 11) is 3.35.